The van der Waals surface area contributed by atoms with Crippen molar-refractivity contribution in [2.45, 2.75) is 13.0 Å². The molecule has 0 aliphatic heterocycles. The van der Waals surface area contributed by atoms with Gasteiger partial charge < -0.3 is 9.84 Å². The number of aliphatic hydroxyl groups excluding tert-OH is 1. The quantitative estimate of drug-likeness (QED) is 0.835. The zero-order valence-corrected chi connectivity index (χ0v) is 12.4. The predicted octanol–water partition coefficient (Wildman–Crippen LogP) is 0.867. The Morgan fingerprint density at radius 3 is 2.85 bits per heavy atom. The summed E-state index contributed by atoms with van der Waals surface area (Å²) in [4.78, 5) is 23.6. The minimum absolute atomic E-state index is 0.0887. The lowest BCUT2D eigenvalue weighted by Gasteiger charge is -2.09. The van der Waals surface area contributed by atoms with Crippen molar-refractivity contribution in [2.75, 3.05) is 13.7 Å². The SMILES string of the molecule is COC(=O)Cn1nc(CCO)c2ccc(Br)cc2c1=O. The van der Waals surface area contributed by atoms with Crippen LogP contribution in [0.3, 0.4) is 0 Å². The zero-order chi connectivity index (χ0) is 14.7. The fraction of sp³-hybridized carbons (Fsp3) is 0.308. The fourth-order valence-corrected chi connectivity index (χ4v) is 2.27. The van der Waals surface area contributed by atoms with Gasteiger partial charge >= 0.3 is 5.97 Å². The minimum atomic E-state index is -0.552. The molecule has 7 heteroatoms. The summed E-state index contributed by atoms with van der Waals surface area (Å²) in [6.07, 6.45) is 0.305. The maximum Gasteiger partial charge on any atom is 0.327 e. The standard InChI is InChI=1S/C13H13BrN2O4/c1-20-12(18)7-16-13(19)10-6-8(14)2-3-9(10)11(15-16)4-5-17/h2-3,6,17H,4-5,7H2,1H3. The van der Waals surface area contributed by atoms with Crippen LogP contribution in [0.1, 0.15) is 5.69 Å². The lowest BCUT2D eigenvalue weighted by molar-refractivity contribution is -0.141. The number of fused-ring (bicyclic) bond motifs is 1. The van der Waals surface area contributed by atoms with E-state index in [1.165, 1.54) is 7.11 Å². The Bertz CT molecular complexity index is 711. The highest BCUT2D eigenvalue weighted by Crippen LogP contribution is 2.19. The number of methoxy groups -OCH3 is 1. The molecule has 0 saturated heterocycles. The third kappa shape index (κ3) is 2.88. The molecule has 0 atom stereocenters. The van der Waals surface area contributed by atoms with E-state index in [1.54, 1.807) is 18.2 Å². The molecule has 0 fully saturated rings. The van der Waals surface area contributed by atoms with Crippen molar-refractivity contribution < 1.29 is 14.6 Å². The van der Waals surface area contributed by atoms with Gasteiger partial charge in [0.1, 0.15) is 6.54 Å². The molecule has 0 saturated carbocycles. The highest BCUT2D eigenvalue weighted by molar-refractivity contribution is 9.10. The number of carbonyl (C=O) groups excluding carboxylic acids is 1. The van der Waals surface area contributed by atoms with Crippen LogP contribution in [0.4, 0.5) is 0 Å². The summed E-state index contributed by atoms with van der Waals surface area (Å²) in [5.41, 5.74) is 0.201. The zero-order valence-electron chi connectivity index (χ0n) is 10.8. The molecule has 20 heavy (non-hydrogen) atoms. The first kappa shape index (κ1) is 14.7. The van der Waals surface area contributed by atoms with E-state index in [4.69, 9.17) is 5.11 Å². The van der Waals surface area contributed by atoms with Crippen LogP contribution < -0.4 is 5.56 Å². The van der Waals surface area contributed by atoms with Crippen LogP contribution in [0.2, 0.25) is 0 Å². The number of ether oxygens (including phenoxy) is 1. The van der Waals surface area contributed by atoms with E-state index < -0.39 is 5.97 Å². The van der Waals surface area contributed by atoms with Gasteiger partial charge in [0.15, 0.2) is 0 Å². The number of carbonyl (C=O) groups is 1. The van der Waals surface area contributed by atoms with Crippen LogP contribution in [0.5, 0.6) is 0 Å². The molecule has 1 heterocycles. The molecule has 0 unspecified atom stereocenters. The number of aliphatic hydroxyl groups is 1. The van der Waals surface area contributed by atoms with Crippen molar-refractivity contribution in [2.24, 2.45) is 0 Å². The maximum absolute atomic E-state index is 12.3. The van der Waals surface area contributed by atoms with Gasteiger partial charge in [-0.25, -0.2) is 4.68 Å². The molecule has 2 rings (SSSR count). The number of hydrogen-bond donors (Lipinski definition) is 1. The third-order valence-electron chi connectivity index (χ3n) is 2.85. The lowest BCUT2D eigenvalue weighted by atomic mass is 10.1. The molecule has 0 bridgehead atoms. The Kier molecular flexibility index (Phi) is 4.51. The van der Waals surface area contributed by atoms with Gasteiger partial charge in [-0.15, -0.1) is 0 Å². The molecule has 1 aromatic heterocycles. The van der Waals surface area contributed by atoms with Crippen molar-refractivity contribution in [3.05, 3.63) is 38.7 Å². The second-order valence-electron chi connectivity index (χ2n) is 4.15. The van der Waals surface area contributed by atoms with Gasteiger partial charge in [-0.1, -0.05) is 22.0 Å². The van der Waals surface area contributed by atoms with Gasteiger partial charge in [0, 0.05) is 22.9 Å². The summed E-state index contributed by atoms with van der Waals surface area (Å²) in [5.74, 6) is -0.552. The minimum Gasteiger partial charge on any atom is -0.468 e. The molecule has 1 N–H and O–H groups in total. The number of aromatic nitrogens is 2. The van der Waals surface area contributed by atoms with Gasteiger partial charge in [-0.3, -0.25) is 9.59 Å². The van der Waals surface area contributed by atoms with Gasteiger partial charge in [-0.2, -0.15) is 5.10 Å². The summed E-state index contributed by atoms with van der Waals surface area (Å²) in [5, 5.41) is 14.3. The van der Waals surface area contributed by atoms with Crippen LogP contribution >= 0.6 is 15.9 Å². The summed E-state index contributed by atoms with van der Waals surface area (Å²) in [7, 11) is 1.25. The van der Waals surface area contributed by atoms with E-state index in [2.05, 4.69) is 25.8 Å². The topological polar surface area (TPSA) is 81.4 Å². The highest BCUT2D eigenvalue weighted by atomic mass is 79.9. The van der Waals surface area contributed by atoms with E-state index in [-0.39, 0.29) is 18.7 Å². The molecule has 1 aromatic carbocycles. The second kappa shape index (κ2) is 6.15. The number of benzene rings is 1. The van der Waals surface area contributed by atoms with Crippen molar-refractivity contribution in [1.82, 2.24) is 9.78 Å². The molecule has 0 aliphatic carbocycles. The van der Waals surface area contributed by atoms with E-state index in [0.29, 0.717) is 22.9 Å². The number of nitrogens with zero attached hydrogens (tertiary/aromatic N) is 2. The largest absolute Gasteiger partial charge is 0.468 e. The summed E-state index contributed by atoms with van der Waals surface area (Å²) < 4.78 is 6.37. The van der Waals surface area contributed by atoms with Crippen molar-refractivity contribution in [3.63, 3.8) is 0 Å². The first-order valence-electron chi connectivity index (χ1n) is 5.93. The van der Waals surface area contributed by atoms with E-state index in [1.807, 2.05) is 0 Å². The highest BCUT2D eigenvalue weighted by Gasteiger charge is 2.13. The Hall–Kier alpha value is -1.73. The van der Waals surface area contributed by atoms with Crippen molar-refractivity contribution in [3.8, 4) is 0 Å². The van der Waals surface area contributed by atoms with Crippen LogP contribution in [-0.2, 0) is 22.5 Å². The van der Waals surface area contributed by atoms with Gasteiger partial charge in [0.25, 0.3) is 5.56 Å². The number of rotatable bonds is 4. The number of hydrogen-bond acceptors (Lipinski definition) is 5. The molecular formula is C13H13BrN2O4. The number of halogens is 1. The average Bonchev–Trinajstić information content (AvgIpc) is 2.44. The van der Waals surface area contributed by atoms with E-state index in [0.717, 1.165) is 9.15 Å². The summed E-state index contributed by atoms with van der Waals surface area (Å²) >= 11 is 3.31. The predicted molar refractivity (Wildman–Crippen MR) is 76.5 cm³/mol. The van der Waals surface area contributed by atoms with Crippen LogP contribution in [0.15, 0.2) is 27.5 Å². The van der Waals surface area contributed by atoms with E-state index >= 15 is 0 Å². The smallest absolute Gasteiger partial charge is 0.327 e. The van der Waals surface area contributed by atoms with Crippen molar-refractivity contribution in [1.29, 1.82) is 0 Å². The molecule has 0 spiro atoms. The van der Waals surface area contributed by atoms with E-state index in [9.17, 15) is 9.59 Å². The Morgan fingerprint density at radius 2 is 2.20 bits per heavy atom. The Balaban J connectivity index is 2.67. The van der Waals surface area contributed by atoms with Crippen LogP contribution in [0.25, 0.3) is 10.8 Å². The molecule has 6 nitrogen and oxygen atoms in total. The van der Waals surface area contributed by atoms with Crippen LogP contribution in [-0.4, -0.2) is 34.6 Å². The first-order chi connectivity index (χ1) is 9.56. The Labute approximate surface area is 123 Å². The monoisotopic (exact) mass is 340 g/mol. The fourth-order valence-electron chi connectivity index (χ4n) is 1.91. The van der Waals surface area contributed by atoms with Gasteiger partial charge in [0.2, 0.25) is 0 Å². The molecule has 0 amide bonds. The second-order valence-corrected chi connectivity index (χ2v) is 5.06. The Morgan fingerprint density at radius 1 is 1.45 bits per heavy atom. The lowest BCUT2D eigenvalue weighted by Crippen LogP contribution is -2.28. The average molecular weight is 341 g/mol. The summed E-state index contributed by atoms with van der Waals surface area (Å²) in [6.45, 7) is -0.342. The normalized spacial score (nSPS) is 10.8. The molecule has 0 radical (unpaired) electrons. The first-order valence-corrected chi connectivity index (χ1v) is 6.73. The molecule has 0 aliphatic rings. The van der Waals surface area contributed by atoms with Crippen molar-refractivity contribution >= 4 is 32.7 Å². The molecule has 2 aromatic rings. The third-order valence-corrected chi connectivity index (χ3v) is 3.35. The maximum atomic E-state index is 12.3. The van der Waals surface area contributed by atoms with Crippen LogP contribution in [0, 0.1) is 0 Å². The van der Waals surface area contributed by atoms with Gasteiger partial charge in [0.05, 0.1) is 18.2 Å². The van der Waals surface area contributed by atoms with Gasteiger partial charge in [-0.05, 0) is 12.1 Å². The summed E-state index contributed by atoms with van der Waals surface area (Å²) in [6, 6.07) is 5.24. The number of esters is 1. The molecular weight excluding hydrogens is 328 g/mol. The molecule has 106 valence electrons.